The second-order valence-electron chi connectivity index (χ2n) is 3.00. The largest absolute Gasteiger partial charge is 0.398 e. The number of nitrogen functional groups attached to an aromatic ring is 1. The fraction of sp³-hybridized carbons (Fsp3) is 0.300. The van der Waals surface area contributed by atoms with Crippen LogP contribution >= 0.6 is 11.8 Å². The van der Waals surface area contributed by atoms with E-state index in [9.17, 15) is 0 Å². The quantitative estimate of drug-likeness (QED) is 0.579. The molecule has 0 saturated carbocycles. The van der Waals surface area contributed by atoms with Crippen LogP contribution in [0.5, 0.6) is 0 Å². The lowest BCUT2D eigenvalue weighted by Crippen LogP contribution is -1.95. The number of thioether (sulfide) groups is 1. The van der Waals surface area contributed by atoms with E-state index in [1.807, 2.05) is 6.07 Å². The van der Waals surface area contributed by atoms with Crippen LogP contribution < -0.4 is 5.73 Å². The van der Waals surface area contributed by atoms with E-state index >= 15 is 0 Å². The molecule has 0 heterocycles. The van der Waals surface area contributed by atoms with Gasteiger partial charge in [-0.2, -0.15) is 5.26 Å². The van der Waals surface area contributed by atoms with Crippen molar-refractivity contribution < 1.29 is 0 Å². The number of anilines is 1. The Balaban J connectivity index is 3.10. The van der Waals surface area contributed by atoms with E-state index in [1.54, 1.807) is 23.9 Å². The van der Waals surface area contributed by atoms with Gasteiger partial charge in [-0.3, -0.25) is 0 Å². The molecule has 1 rings (SSSR count). The first-order chi connectivity index (χ1) is 6.15. The molecule has 1 aromatic rings. The van der Waals surface area contributed by atoms with Crippen molar-refractivity contribution in [3.05, 3.63) is 23.8 Å². The van der Waals surface area contributed by atoms with Crippen molar-refractivity contribution in [2.45, 2.75) is 24.0 Å². The van der Waals surface area contributed by atoms with Gasteiger partial charge in [-0.05, 0) is 12.1 Å². The average molecular weight is 192 g/mol. The van der Waals surface area contributed by atoms with Gasteiger partial charge in [-0.25, -0.2) is 0 Å². The number of hydrogen-bond donors (Lipinski definition) is 1. The minimum absolute atomic E-state index is 0.441. The molecule has 3 heteroatoms. The van der Waals surface area contributed by atoms with Crippen molar-refractivity contribution >= 4 is 17.4 Å². The number of rotatable bonds is 2. The van der Waals surface area contributed by atoms with Gasteiger partial charge in [0.15, 0.2) is 0 Å². The van der Waals surface area contributed by atoms with E-state index in [0.717, 1.165) is 4.90 Å². The van der Waals surface area contributed by atoms with Gasteiger partial charge in [0.2, 0.25) is 0 Å². The van der Waals surface area contributed by atoms with Crippen molar-refractivity contribution in [3.63, 3.8) is 0 Å². The van der Waals surface area contributed by atoms with Crippen LogP contribution in [0.15, 0.2) is 23.1 Å². The van der Waals surface area contributed by atoms with E-state index in [2.05, 4.69) is 19.9 Å². The summed E-state index contributed by atoms with van der Waals surface area (Å²) in [5.41, 5.74) is 7.13. The Labute approximate surface area is 82.7 Å². The highest BCUT2D eigenvalue weighted by atomic mass is 32.2. The molecule has 0 saturated heterocycles. The highest BCUT2D eigenvalue weighted by Crippen LogP contribution is 2.31. The molecule has 0 fully saturated rings. The zero-order valence-corrected chi connectivity index (χ0v) is 8.56. The van der Waals surface area contributed by atoms with Crippen molar-refractivity contribution in [1.82, 2.24) is 0 Å². The topological polar surface area (TPSA) is 49.8 Å². The van der Waals surface area contributed by atoms with Crippen LogP contribution in [-0.4, -0.2) is 5.25 Å². The Morgan fingerprint density at radius 2 is 2.15 bits per heavy atom. The summed E-state index contributed by atoms with van der Waals surface area (Å²) in [6.45, 7) is 4.16. The normalized spacial score (nSPS) is 10.0. The molecule has 13 heavy (non-hydrogen) atoms. The van der Waals surface area contributed by atoms with Crippen LogP contribution in [0.1, 0.15) is 19.4 Å². The summed E-state index contributed by atoms with van der Waals surface area (Å²) in [7, 11) is 0. The standard InChI is InChI=1S/C10H12N2S/c1-7(2)13-10-8(6-11)4-3-5-9(10)12/h3-5,7H,12H2,1-2H3. The van der Waals surface area contributed by atoms with E-state index in [-0.39, 0.29) is 0 Å². The van der Waals surface area contributed by atoms with Gasteiger partial charge in [0.1, 0.15) is 6.07 Å². The summed E-state index contributed by atoms with van der Waals surface area (Å²) in [6.07, 6.45) is 0. The van der Waals surface area contributed by atoms with Crippen molar-refractivity contribution in [1.29, 1.82) is 5.26 Å². The first-order valence-electron chi connectivity index (χ1n) is 4.10. The van der Waals surface area contributed by atoms with Crippen molar-refractivity contribution in [2.24, 2.45) is 0 Å². The van der Waals surface area contributed by atoms with Gasteiger partial charge in [0.05, 0.1) is 5.56 Å². The molecular formula is C10H12N2S. The van der Waals surface area contributed by atoms with Crippen LogP contribution in [0, 0.1) is 11.3 Å². The molecular weight excluding hydrogens is 180 g/mol. The minimum Gasteiger partial charge on any atom is -0.398 e. The molecule has 0 bridgehead atoms. The lowest BCUT2D eigenvalue weighted by molar-refractivity contribution is 1.11. The molecule has 2 N–H and O–H groups in total. The molecule has 0 spiro atoms. The SMILES string of the molecule is CC(C)Sc1c(N)cccc1C#N. The number of nitrogens with zero attached hydrogens (tertiary/aromatic N) is 1. The van der Waals surface area contributed by atoms with Crippen LogP contribution in [0.4, 0.5) is 5.69 Å². The lowest BCUT2D eigenvalue weighted by Gasteiger charge is -2.09. The molecule has 0 amide bonds. The smallest absolute Gasteiger partial charge is 0.100 e. The predicted octanol–water partition coefficient (Wildman–Crippen LogP) is 2.64. The highest BCUT2D eigenvalue weighted by Gasteiger charge is 2.07. The number of nitriles is 1. The first-order valence-corrected chi connectivity index (χ1v) is 4.98. The molecule has 0 atom stereocenters. The number of nitrogens with two attached hydrogens (primary N) is 1. The van der Waals surface area contributed by atoms with Gasteiger partial charge in [0.25, 0.3) is 0 Å². The third-order valence-corrected chi connectivity index (χ3v) is 2.68. The molecule has 0 aromatic heterocycles. The van der Waals surface area contributed by atoms with Crippen LogP contribution in [-0.2, 0) is 0 Å². The Bertz CT molecular complexity index is 339. The minimum atomic E-state index is 0.441. The summed E-state index contributed by atoms with van der Waals surface area (Å²) in [4.78, 5) is 0.903. The van der Waals surface area contributed by atoms with E-state index in [1.165, 1.54) is 0 Å². The maximum atomic E-state index is 8.84. The second-order valence-corrected chi connectivity index (χ2v) is 4.59. The van der Waals surface area contributed by atoms with E-state index < -0.39 is 0 Å². The first kappa shape index (κ1) is 9.94. The molecule has 68 valence electrons. The molecule has 2 nitrogen and oxygen atoms in total. The predicted molar refractivity (Wildman–Crippen MR) is 56.6 cm³/mol. The monoisotopic (exact) mass is 192 g/mol. The van der Waals surface area contributed by atoms with Gasteiger partial charge >= 0.3 is 0 Å². The van der Waals surface area contributed by atoms with Gasteiger partial charge in [0, 0.05) is 15.8 Å². The third kappa shape index (κ3) is 2.40. The summed E-state index contributed by atoms with van der Waals surface area (Å²) in [6, 6.07) is 7.56. The molecule has 0 aliphatic rings. The zero-order chi connectivity index (χ0) is 9.84. The maximum Gasteiger partial charge on any atom is 0.100 e. The fourth-order valence-corrected chi connectivity index (χ4v) is 1.93. The van der Waals surface area contributed by atoms with Gasteiger partial charge < -0.3 is 5.73 Å². The summed E-state index contributed by atoms with van der Waals surface area (Å²) in [5, 5.41) is 9.28. The highest BCUT2D eigenvalue weighted by molar-refractivity contribution is 8.00. The molecule has 0 unspecified atom stereocenters. The molecule has 0 radical (unpaired) electrons. The summed E-state index contributed by atoms with van der Waals surface area (Å²) in [5.74, 6) is 0. The van der Waals surface area contributed by atoms with Crippen molar-refractivity contribution in [3.8, 4) is 6.07 Å². The van der Waals surface area contributed by atoms with Crippen LogP contribution in [0.2, 0.25) is 0 Å². The van der Waals surface area contributed by atoms with Crippen LogP contribution in [0.3, 0.4) is 0 Å². The second kappa shape index (κ2) is 4.20. The Morgan fingerprint density at radius 3 is 2.69 bits per heavy atom. The molecule has 0 aliphatic heterocycles. The molecule has 0 aliphatic carbocycles. The van der Waals surface area contributed by atoms with E-state index in [0.29, 0.717) is 16.5 Å². The lowest BCUT2D eigenvalue weighted by atomic mass is 10.2. The maximum absolute atomic E-state index is 8.84. The zero-order valence-electron chi connectivity index (χ0n) is 7.74. The van der Waals surface area contributed by atoms with Gasteiger partial charge in [-0.1, -0.05) is 19.9 Å². The summed E-state index contributed by atoms with van der Waals surface area (Å²) >= 11 is 1.63. The summed E-state index contributed by atoms with van der Waals surface area (Å²) < 4.78 is 0. The van der Waals surface area contributed by atoms with Crippen molar-refractivity contribution in [2.75, 3.05) is 5.73 Å². The number of hydrogen-bond acceptors (Lipinski definition) is 3. The van der Waals surface area contributed by atoms with Gasteiger partial charge in [-0.15, -0.1) is 11.8 Å². The fourth-order valence-electron chi connectivity index (χ4n) is 1.01. The average Bonchev–Trinajstić information content (AvgIpc) is 2.08. The Kier molecular flexibility index (Phi) is 3.21. The molecule has 1 aromatic carbocycles. The third-order valence-electron chi connectivity index (χ3n) is 1.52. The Hall–Kier alpha value is -1.14. The van der Waals surface area contributed by atoms with E-state index in [4.69, 9.17) is 11.0 Å². The van der Waals surface area contributed by atoms with Crippen LogP contribution in [0.25, 0.3) is 0 Å². The Morgan fingerprint density at radius 1 is 1.46 bits per heavy atom. The number of benzene rings is 1.